The third-order valence-electron chi connectivity index (χ3n) is 3.73. The van der Waals surface area contributed by atoms with E-state index in [4.69, 9.17) is 23.2 Å². The molecule has 0 aliphatic carbocycles. The molecule has 0 fully saturated rings. The van der Waals surface area contributed by atoms with Crippen LogP contribution in [-0.4, -0.2) is 11.2 Å². The second-order valence-corrected chi connectivity index (χ2v) is 6.06. The van der Waals surface area contributed by atoms with E-state index < -0.39 is 6.61 Å². The molecule has 1 atom stereocenters. The zero-order chi connectivity index (χ0) is 16.6. The van der Waals surface area contributed by atoms with Gasteiger partial charge in [-0.15, -0.1) is 0 Å². The summed E-state index contributed by atoms with van der Waals surface area (Å²) in [5, 5.41) is 2.58. The average Bonchev–Trinajstić information content (AvgIpc) is 2.91. The highest BCUT2D eigenvalue weighted by Crippen LogP contribution is 2.32. The molecule has 23 heavy (non-hydrogen) atoms. The number of aromatic nitrogens is 1. The van der Waals surface area contributed by atoms with Crippen LogP contribution in [0.15, 0.2) is 48.8 Å². The Balaban J connectivity index is 1.99. The number of fused-ring (bicyclic) bond motifs is 1. The third-order valence-corrected chi connectivity index (χ3v) is 4.29. The summed E-state index contributed by atoms with van der Waals surface area (Å²) in [6.07, 6.45) is 3.75. The van der Waals surface area contributed by atoms with E-state index in [1.807, 2.05) is 48.1 Å². The van der Waals surface area contributed by atoms with Crippen molar-refractivity contribution >= 4 is 34.0 Å². The lowest BCUT2D eigenvalue weighted by molar-refractivity contribution is -0.0497. The van der Waals surface area contributed by atoms with Crippen molar-refractivity contribution in [3.05, 3.63) is 64.4 Å². The highest BCUT2D eigenvalue weighted by molar-refractivity contribution is 6.35. The Labute approximate surface area is 142 Å². The molecule has 2 nitrogen and oxygen atoms in total. The molecule has 0 N–H and O–H groups in total. The van der Waals surface area contributed by atoms with Crippen LogP contribution in [0.5, 0.6) is 5.75 Å². The van der Waals surface area contributed by atoms with Gasteiger partial charge in [-0.2, -0.15) is 8.78 Å². The molecule has 0 saturated heterocycles. The third kappa shape index (κ3) is 3.43. The monoisotopic (exact) mass is 355 g/mol. The smallest absolute Gasteiger partial charge is 0.387 e. The summed E-state index contributed by atoms with van der Waals surface area (Å²) < 4.78 is 31.1. The normalized spacial score (nSPS) is 12.8. The maximum absolute atomic E-state index is 12.4. The topological polar surface area (TPSA) is 14.2 Å². The molecule has 0 aliphatic heterocycles. The van der Waals surface area contributed by atoms with Crippen molar-refractivity contribution in [3.63, 3.8) is 0 Å². The van der Waals surface area contributed by atoms with Gasteiger partial charge in [-0.05, 0) is 36.8 Å². The van der Waals surface area contributed by atoms with Crippen LogP contribution < -0.4 is 4.74 Å². The van der Waals surface area contributed by atoms with E-state index >= 15 is 0 Å². The van der Waals surface area contributed by atoms with Crippen molar-refractivity contribution < 1.29 is 13.5 Å². The molecule has 0 radical (unpaired) electrons. The lowest BCUT2D eigenvalue weighted by atomic mass is 10.1. The summed E-state index contributed by atoms with van der Waals surface area (Å²) in [6, 6.07) is 10.6. The largest absolute Gasteiger partial charge is 0.435 e. The van der Waals surface area contributed by atoms with Crippen molar-refractivity contribution in [1.82, 2.24) is 4.57 Å². The second kappa shape index (κ2) is 6.38. The quantitative estimate of drug-likeness (QED) is 0.546. The van der Waals surface area contributed by atoms with Crippen LogP contribution in [0.4, 0.5) is 8.78 Å². The molecule has 0 bridgehead atoms. The van der Waals surface area contributed by atoms with Gasteiger partial charge in [0.15, 0.2) is 0 Å². The fourth-order valence-corrected chi connectivity index (χ4v) is 2.90. The van der Waals surface area contributed by atoms with Gasteiger partial charge in [0.2, 0.25) is 0 Å². The van der Waals surface area contributed by atoms with Crippen LogP contribution in [0, 0.1) is 0 Å². The molecule has 3 aromatic rings. The molecule has 1 unspecified atom stereocenters. The molecular weight excluding hydrogens is 343 g/mol. The van der Waals surface area contributed by atoms with Crippen molar-refractivity contribution in [2.24, 2.45) is 0 Å². The fraction of sp³-hybridized carbons (Fsp3) is 0.176. The summed E-state index contributed by atoms with van der Waals surface area (Å²) in [5.41, 5.74) is 1.08. The van der Waals surface area contributed by atoms with Crippen molar-refractivity contribution in [1.29, 1.82) is 0 Å². The Morgan fingerprint density at radius 1 is 1.04 bits per heavy atom. The van der Waals surface area contributed by atoms with Gasteiger partial charge in [0.1, 0.15) is 5.75 Å². The molecule has 0 spiro atoms. The zero-order valence-corrected chi connectivity index (χ0v) is 13.7. The molecular formula is C17H13Cl2F2NO. The average molecular weight is 356 g/mol. The summed E-state index contributed by atoms with van der Waals surface area (Å²) in [7, 11) is 0. The minimum atomic E-state index is -2.88. The number of rotatable bonds is 4. The van der Waals surface area contributed by atoms with Gasteiger partial charge in [0, 0.05) is 28.2 Å². The molecule has 120 valence electrons. The predicted octanol–water partition coefficient (Wildman–Crippen LogP) is 6.16. The van der Waals surface area contributed by atoms with Crippen LogP contribution in [0.25, 0.3) is 10.8 Å². The van der Waals surface area contributed by atoms with Crippen LogP contribution in [0.3, 0.4) is 0 Å². The van der Waals surface area contributed by atoms with E-state index in [0.29, 0.717) is 10.0 Å². The maximum Gasteiger partial charge on any atom is 0.387 e. The van der Waals surface area contributed by atoms with Gasteiger partial charge in [0.05, 0.1) is 11.1 Å². The molecule has 6 heteroatoms. The first-order chi connectivity index (χ1) is 10.9. The zero-order valence-electron chi connectivity index (χ0n) is 12.1. The number of hydrogen-bond acceptors (Lipinski definition) is 1. The van der Waals surface area contributed by atoms with E-state index in [-0.39, 0.29) is 11.8 Å². The first-order valence-electron chi connectivity index (χ1n) is 6.95. The number of nitrogens with zero attached hydrogens (tertiary/aromatic N) is 1. The van der Waals surface area contributed by atoms with E-state index in [1.54, 1.807) is 6.07 Å². The summed E-state index contributed by atoms with van der Waals surface area (Å²) in [6.45, 7) is -0.842. The SMILES string of the molecule is CC(c1ccc(Cl)cc1)n1cc2cc(OC(F)F)cc(Cl)c2c1. The molecule has 2 aromatic carbocycles. The Morgan fingerprint density at radius 2 is 1.74 bits per heavy atom. The van der Waals surface area contributed by atoms with Crippen LogP contribution in [0.1, 0.15) is 18.5 Å². The van der Waals surface area contributed by atoms with E-state index in [1.165, 1.54) is 6.07 Å². The molecule has 0 saturated carbocycles. The summed E-state index contributed by atoms with van der Waals surface area (Å²) in [4.78, 5) is 0. The van der Waals surface area contributed by atoms with Crippen molar-refractivity contribution in [2.45, 2.75) is 19.6 Å². The molecule has 1 aromatic heterocycles. The highest BCUT2D eigenvalue weighted by atomic mass is 35.5. The number of benzene rings is 2. The van der Waals surface area contributed by atoms with Crippen molar-refractivity contribution in [3.8, 4) is 5.75 Å². The maximum atomic E-state index is 12.4. The highest BCUT2D eigenvalue weighted by Gasteiger charge is 2.13. The van der Waals surface area contributed by atoms with Gasteiger partial charge in [-0.3, -0.25) is 0 Å². The van der Waals surface area contributed by atoms with Crippen LogP contribution >= 0.6 is 23.2 Å². The Hall–Kier alpha value is -1.78. The molecule has 1 heterocycles. The molecule has 0 amide bonds. The molecule has 0 aliphatic rings. The first-order valence-corrected chi connectivity index (χ1v) is 7.70. The first kappa shape index (κ1) is 16.1. The van der Waals surface area contributed by atoms with E-state index in [2.05, 4.69) is 4.74 Å². The lowest BCUT2D eigenvalue weighted by Gasteiger charge is -2.14. The van der Waals surface area contributed by atoms with Gasteiger partial charge < -0.3 is 9.30 Å². The number of alkyl halides is 2. The molecule has 3 rings (SSSR count). The number of hydrogen-bond donors (Lipinski definition) is 0. The fourth-order valence-electron chi connectivity index (χ4n) is 2.51. The summed E-state index contributed by atoms with van der Waals surface area (Å²) in [5.74, 6) is 0.0504. The lowest BCUT2D eigenvalue weighted by Crippen LogP contribution is -2.03. The van der Waals surface area contributed by atoms with Crippen molar-refractivity contribution in [2.75, 3.05) is 0 Å². The predicted molar refractivity (Wildman–Crippen MR) is 88.8 cm³/mol. The minimum absolute atomic E-state index is 0.0504. The summed E-state index contributed by atoms with van der Waals surface area (Å²) >= 11 is 12.1. The van der Waals surface area contributed by atoms with Gasteiger partial charge in [-0.1, -0.05) is 35.3 Å². The Kier molecular flexibility index (Phi) is 4.46. The number of halogens is 4. The Morgan fingerprint density at radius 3 is 2.39 bits per heavy atom. The van der Waals surface area contributed by atoms with E-state index in [9.17, 15) is 8.78 Å². The van der Waals surface area contributed by atoms with Gasteiger partial charge in [-0.25, -0.2) is 0 Å². The van der Waals surface area contributed by atoms with Crippen LogP contribution in [0.2, 0.25) is 10.0 Å². The number of ether oxygens (including phenoxy) is 1. The second-order valence-electron chi connectivity index (χ2n) is 5.22. The van der Waals surface area contributed by atoms with Gasteiger partial charge >= 0.3 is 6.61 Å². The van der Waals surface area contributed by atoms with E-state index in [0.717, 1.165) is 16.3 Å². The standard InChI is InChI=1S/C17H13Cl2F2NO/c1-10(11-2-4-13(18)5-3-11)22-8-12-6-14(23-17(20)21)7-16(19)15(12)9-22/h2-10,17H,1H3. The Bertz CT molecular complexity index is 830. The minimum Gasteiger partial charge on any atom is -0.435 e. The van der Waals surface area contributed by atoms with Crippen LogP contribution in [-0.2, 0) is 0 Å². The van der Waals surface area contributed by atoms with Gasteiger partial charge in [0.25, 0.3) is 0 Å².